The molecule has 0 fully saturated rings. The van der Waals surface area contributed by atoms with Crippen LogP contribution in [0.2, 0.25) is 0 Å². The number of aromatic nitrogens is 1. The molecule has 0 aromatic carbocycles. The molecule has 0 radical (unpaired) electrons. The zero-order chi connectivity index (χ0) is 10.9. The fraction of sp³-hybridized carbons (Fsp3) is 0.333. The molecule has 0 saturated heterocycles. The molecule has 0 aliphatic carbocycles. The van der Waals surface area contributed by atoms with Gasteiger partial charge in [0.2, 0.25) is 0 Å². The van der Waals surface area contributed by atoms with E-state index >= 15 is 0 Å². The van der Waals surface area contributed by atoms with Crippen molar-refractivity contribution in [2.45, 2.75) is 20.3 Å². The third-order valence-corrected chi connectivity index (χ3v) is 2.28. The second-order valence-electron chi connectivity index (χ2n) is 2.89. The van der Waals surface area contributed by atoms with Crippen LogP contribution in [0.4, 0.5) is 8.78 Å². The molecule has 0 amide bonds. The third kappa shape index (κ3) is 1.90. The number of hydrogen-bond acceptors (Lipinski definition) is 2. The van der Waals surface area contributed by atoms with Crippen LogP contribution in [0.15, 0.2) is 6.20 Å². The van der Waals surface area contributed by atoms with Crippen molar-refractivity contribution in [1.82, 2.24) is 4.98 Å². The van der Waals surface area contributed by atoms with E-state index in [2.05, 4.69) is 4.98 Å². The molecular weight excluding hydrogens is 212 g/mol. The van der Waals surface area contributed by atoms with Crippen molar-refractivity contribution >= 4 is 16.8 Å². The first-order valence-corrected chi connectivity index (χ1v) is 4.27. The minimum atomic E-state index is -2.58. The van der Waals surface area contributed by atoms with Gasteiger partial charge in [0, 0.05) is 11.8 Å². The first-order chi connectivity index (χ1) is 6.45. The van der Waals surface area contributed by atoms with Crippen LogP contribution >= 0.6 is 11.6 Å². The summed E-state index contributed by atoms with van der Waals surface area (Å²) in [5.41, 5.74) is 0.638. The van der Waals surface area contributed by atoms with Gasteiger partial charge in [-0.25, -0.2) is 8.78 Å². The molecule has 14 heavy (non-hydrogen) atoms. The van der Waals surface area contributed by atoms with Gasteiger partial charge in [-0.05, 0) is 36.6 Å². The Labute approximate surface area is 84.9 Å². The number of halogens is 3. The first kappa shape index (κ1) is 11.0. The van der Waals surface area contributed by atoms with E-state index in [1.165, 1.54) is 6.92 Å². The molecule has 2 nitrogen and oxygen atoms in total. The molecule has 0 bridgehead atoms. The Bertz CT molecular complexity index is 379. The molecular formula is C9H8ClF2NO. The Kier molecular flexibility index (Phi) is 3.16. The van der Waals surface area contributed by atoms with Crippen LogP contribution < -0.4 is 0 Å². The van der Waals surface area contributed by atoms with Gasteiger partial charge in [0.25, 0.3) is 11.7 Å². The lowest BCUT2D eigenvalue weighted by Gasteiger charge is -2.09. The molecule has 0 saturated carbocycles. The van der Waals surface area contributed by atoms with Gasteiger partial charge in [0.05, 0.1) is 0 Å². The van der Waals surface area contributed by atoms with Crippen LogP contribution in [0.25, 0.3) is 0 Å². The molecule has 0 spiro atoms. The Hall–Kier alpha value is -1.03. The summed E-state index contributed by atoms with van der Waals surface area (Å²) in [5, 5.41) is -0.730. The minimum Gasteiger partial charge on any atom is -0.274 e. The Morgan fingerprint density at radius 3 is 2.43 bits per heavy atom. The van der Waals surface area contributed by atoms with Gasteiger partial charge in [-0.1, -0.05) is 0 Å². The highest BCUT2D eigenvalue weighted by molar-refractivity contribution is 6.67. The normalized spacial score (nSPS) is 10.7. The van der Waals surface area contributed by atoms with E-state index in [9.17, 15) is 13.6 Å². The molecule has 0 aliphatic rings. The van der Waals surface area contributed by atoms with E-state index < -0.39 is 11.7 Å². The number of carbonyl (C=O) groups is 1. The van der Waals surface area contributed by atoms with Crippen molar-refractivity contribution in [3.05, 3.63) is 28.6 Å². The zero-order valence-electron chi connectivity index (χ0n) is 7.64. The average Bonchev–Trinajstić information content (AvgIpc) is 2.08. The average molecular weight is 220 g/mol. The monoisotopic (exact) mass is 219 g/mol. The number of nitrogens with zero attached hydrogens (tertiary/aromatic N) is 1. The second-order valence-corrected chi connectivity index (χ2v) is 3.23. The first-order valence-electron chi connectivity index (χ1n) is 3.89. The smallest absolute Gasteiger partial charge is 0.271 e. The molecule has 1 aromatic rings. The van der Waals surface area contributed by atoms with Crippen molar-refractivity contribution in [3.8, 4) is 0 Å². The fourth-order valence-corrected chi connectivity index (χ4v) is 1.33. The molecule has 76 valence electrons. The highest BCUT2D eigenvalue weighted by Gasteiger charge is 2.17. The summed E-state index contributed by atoms with van der Waals surface area (Å²) < 4.78 is 24.8. The van der Waals surface area contributed by atoms with Crippen molar-refractivity contribution < 1.29 is 13.6 Å². The molecule has 0 aliphatic heterocycles. The maximum atomic E-state index is 12.4. The summed E-state index contributed by atoms with van der Waals surface area (Å²) in [4.78, 5) is 14.4. The number of carbonyl (C=O) groups excluding carboxylic acids is 1. The highest BCUT2D eigenvalue weighted by atomic mass is 35.5. The van der Waals surface area contributed by atoms with E-state index in [4.69, 9.17) is 11.6 Å². The Morgan fingerprint density at radius 2 is 2.00 bits per heavy atom. The van der Waals surface area contributed by atoms with Gasteiger partial charge in [-0.3, -0.25) is 9.78 Å². The number of pyridine rings is 1. The zero-order valence-corrected chi connectivity index (χ0v) is 8.40. The van der Waals surface area contributed by atoms with Gasteiger partial charge >= 0.3 is 0 Å². The molecule has 5 heteroatoms. The third-order valence-electron chi connectivity index (χ3n) is 2.10. The van der Waals surface area contributed by atoms with Crippen molar-refractivity contribution in [2.24, 2.45) is 0 Å². The summed E-state index contributed by atoms with van der Waals surface area (Å²) in [6.45, 7) is 3.06. The maximum absolute atomic E-state index is 12.4. The van der Waals surface area contributed by atoms with Crippen LogP contribution in [0.1, 0.15) is 33.6 Å². The SMILES string of the molecule is Cc1c(C(F)F)cnc(C(=O)Cl)c1C. The predicted octanol–water partition coefficient (Wildman–Crippen LogP) is 3.02. The van der Waals surface area contributed by atoms with Gasteiger partial charge in [-0.2, -0.15) is 0 Å². The second kappa shape index (κ2) is 4.00. The summed E-state index contributed by atoms with van der Waals surface area (Å²) in [6.07, 6.45) is -1.59. The van der Waals surface area contributed by atoms with Crippen molar-refractivity contribution in [2.75, 3.05) is 0 Å². The fourth-order valence-electron chi connectivity index (χ4n) is 1.14. The predicted molar refractivity (Wildman–Crippen MR) is 48.9 cm³/mol. The van der Waals surface area contributed by atoms with E-state index in [-0.39, 0.29) is 11.3 Å². The lowest BCUT2D eigenvalue weighted by molar-refractivity contribution is 0.107. The van der Waals surface area contributed by atoms with Gasteiger partial charge in [-0.15, -0.1) is 0 Å². The Balaban J connectivity index is 3.33. The van der Waals surface area contributed by atoms with Crippen LogP contribution in [-0.2, 0) is 0 Å². The standard InChI is InChI=1S/C9H8ClF2NO/c1-4-5(2)7(8(10)14)13-3-6(4)9(11)12/h3,9H,1-2H3. The van der Waals surface area contributed by atoms with Crippen LogP contribution in [-0.4, -0.2) is 10.2 Å². The van der Waals surface area contributed by atoms with Gasteiger partial charge in [0.15, 0.2) is 0 Å². The molecule has 1 rings (SSSR count). The molecule has 1 heterocycles. The highest BCUT2D eigenvalue weighted by Crippen LogP contribution is 2.25. The number of hydrogen-bond donors (Lipinski definition) is 0. The largest absolute Gasteiger partial charge is 0.274 e. The van der Waals surface area contributed by atoms with Crippen molar-refractivity contribution in [3.63, 3.8) is 0 Å². The van der Waals surface area contributed by atoms with E-state index in [1.54, 1.807) is 6.92 Å². The van der Waals surface area contributed by atoms with Crippen LogP contribution in [0, 0.1) is 13.8 Å². The van der Waals surface area contributed by atoms with Crippen LogP contribution in [0.5, 0.6) is 0 Å². The lowest BCUT2D eigenvalue weighted by Crippen LogP contribution is -2.03. The van der Waals surface area contributed by atoms with Gasteiger partial charge in [0.1, 0.15) is 5.69 Å². The molecule has 0 atom stereocenters. The quantitative estimate of drug-likeness (QED) is 0.716. The molecule has 0 unspecified atom stereocenters. The number of alkyl halides is 2. The molecule has 0 N–H and O–H groups in total. The van der Waals surface area contributed by atoms with Gasteiger partial charge < -0.3 is 0 Å². The lowest BCUT2D eigenvalue weighted by atomic mass is 10.0. The summed E-state index contributed by atoms with van der Waals surface area (Å²) in [5.74, 6) is 0. The summed E-state index contributed by atoms with van der Waals surface area (Å²) in [7, 11) is 0. The van der Waals surface area contributed by atoms with E-state index in [0.29, 0.717) is 11.1 Å². The van der Waals surface area contributed by atoms with Crippen molar-refractivity contribution in [1.29, 1.82) is 0 Å². The Morgan fingerprint density at radius 1 is 1.43 bits per heavy atom. The van der Waals surface area contributed by atoms with E-state index in [1.807, 2.05) is 0 Å². The molecule has 1 aromatic heterocycles. The van der Waals surface area contributed by atoms with Crippen LogP contribution in [0.3, 0.4) is 0 Å². The minimum absolute atomic E-state index is 0.0357. The summed E-state index contributed by atoms with van der Waals surface area (Å²) >= 11 is 5.22. The number of rotatable bonds is 2. The van der Waals surface area contributed by atoms with E-state index in [0.717, 1.165) is 6.20 Å². The maximum Gasteiger partial charge on any atom is 0.271 e. The summed E-state index contributed by atoms with van der Waals surface area (Å²) in [6, 6.07) is 0. The topological polar surface area (TPSA) is 30.0 Å².